The largest absolute Gasteiger partial charge is 0.490 e. The van der Waals surface area contributed by atoms with Gasteiger partial charge in [-0.1, -0.05) is 6.07 Å². The van der Waals surface area contributed by atoms with E-state index in [-0.39, 0.29) is 12.5 Å². The van der Waals surface area contributed by atoms with Gasteiger partial charge in [0, 0.05) is 36.2 Å². The lowest BCUT2D eigenvalue weighted by atomic mass is 10.2. The second kappa shape index (κ2) is 9.65. The van der Waals surface area contributed by atoms with Crippen LogP contribution >= 0.6 is 0 Å². The third-order valence-electron chi connectivity index (χ3n) is 5.42. The van der Waals surface area contributed by atoms with Crippen molar-refractivity contribution in [3.05, 3.63) is 48.5 Å². The lowest BCUT2D eigenvalue weighted by Crippen LogP contribution is -2.36. The molecule has 0 bridgehead atoms. The molecule has 1 aliphatic heterocycles. The Balaban J connectivity index is 1.25. The first kappa shape index (κ1) is 19.6. The minimum Gasteiger partial charge on any atom is -0.490 e. The molecule has 2 aromatic rings. The number of carbonyl (C=O) groups is 1. The number of rotatable bonds is 7. The van der Waals surface area contributed by atoms with E-state index in [1.54, 1.807) is 0 Å². The van der Waals surface area contributed by atoms with E-state index in [1.165, 1.54) is 12.8 Å². The quantitative estimate of drug-likeness (QED) is 0.745. The second-order valence-electron chi connectivity index (χ2n) is 7.60. The fourth-order valence-corrected chi connectivity index (χ4v) is 3.84. The first-order valence-electron chi connectivity index (χ1n) is 10.5. The van der Waals surface area contributed by atoms with Gasteiger partial charge in [0.2, 0.25) is 5.91 Å². The van der Waals surface area contributed by atoms with Gasteiger partial charge in [0.05, 0.1) is 25.9 Å². The summed E-state index contributed by atoms with van der Waals surface area (Å²) in [4.78, 5) is 14.6. The Morgan fingerprint density at radius 1 is 1.03 bits per heavy atom. The van der Waals surface area contributed by atoms with E-state index in [9.17, 15) is 4.79 Å². The van der Waals surface area contributed by atoms with Gasteiger partial charge in [-0.15, -0.1) is 0 Å². The van der Waals surface area contributed by atoms with Crippen LogP contribution in [0.4, 0.5) is 17.1 Å². The lowest BCUT2D eigenvalue weighted by molar-refractivity contribution is -0.114. The maximum Gasteiger partial charge on any atom is 0.243 e. The van der Waals surface area contributed by atoms with Gasteiger partial charge >= 0.3 is 0 Å². The van der Waals surface area contributed by atoms with Crippen molar-refractivity contribution in [3.63, 3.8) is 0 Å². The van der Waals surface area contributed by atoms with Crippen molar-refractivity contribution in [2.75, 3.05) is 48.4 Å². The molecule has 6 nitrogen and oxygen atoms in total. The van der Waals surface area contributed by atoms with Crippen molar-refractivity contribution in [1.29, 1.82) is 0 Å². The highest BCUT2D eigenvalue weighted by Crippen LogP contribution is 2.25. The number of nitrogens with zero attached hydrogens (tertiary/aromatic N) is 1. The molecular weight excluding hydrogens is 366 g/mol. The van der Waals surface area contributed by atoms with Gasteiger partial charge in [-0.3, -0.25) is 4.79 Å². The minimum absolute atomic E-state index is 0.0776. The van der Waals surface area contributed by atoms with Gasteiger partial charge in [-0.2, -0.15) is 0 Å². The highest BCUT2D eigenvalue weighted by atomic mass is 16.5. The molecule has 1 aliphatic carbocycles. The molecule has 0 unspecified atom stereocenters. The van der Waals surface area contributed by atoms with Crippen molar-refractivity contribution in [1.82, 2.24) is 0 Å². The van der Waals surface area contributed by atoms with Gasteiger partial charge in [0.15, 0.2) is 0 Å². The molecule has 2 N–H and O–H groups in total. The van der Waals surface area contributed by atoms with Crippen LogP contribution in [-0.2, 0) is 9.53 Å². The number of morpholine rings is 1. The van der Waals surface area contributed by atoms with Crippen molar-refractivity contribution < 1.29 is 14.3 Å². The van der Waals surface area contributed by atoms with E-state index in [0.717, 1.165) is 62.0 Å². The number of nitrogens with one attached hydrogen (secondary N) is 2. The predicted octanol–water partition coefficient (Wildman–Crippen LogP) is 3.90. The molecule has 1 saturated carbocycles. The number of carbonyl (C=O) groups excluding carboxylic acids is 1. The van der Waals surface area contributed by atoms with Crippen LogP contribution in [0.15, 0.2) is 48.5 Å². The lowest BCUT2D eigenvalue weighted by Gasteiger charge is -2.28. The van der Waals surface area contributed by atoms with Crippen LogP contribution < -0.4 is 20.3 Å². The maximum atomic E-state index is 12.3. The average Bonchev–Trinajstić information content (AvgIpc) is 3.27. The van der Waals surface area contributed by atoms with E-state index < -0.39 is 0 Å². The smallest absolute Gasteiger partial charge is 0.243 e. The Bertz CT molecular complexity index is 797. The van der Waals surface area contributed by atoms with Gasteiger partial charge in [0.1, 0.15) is 5.75 Å². The summed E-state index contributed by atoms with van der Waals surface area (Å²) in [6.45, 7) is 3.53. The molecule has 154 valence electrons. The van der Waals surface area contributed by atoms with Gasteiger partial charge < -0.3 is 25.0 Å². The van der Waals surface area contributed by atoms with Crippen molar-refractivity contribution in [2.45, 2.75) is 31.8 Å². The zero-order chi connectivity index (χ0) is 19.9. The molecule has 2 aliphatic rings. The number of amides is 1. The highest BCUT2D eigenvalue weighted by molar-refractivity contribution is 5.93. The summed E-state index contributed by atoms with van der Waals surface area (Å²) in [5, 5.41) is 6.12. The van der Waals surface area contributed by atoms with E-state index in [0.29, 0.717) is 6.10 Å². The highest BCUT2D eigenvalue weighted by Gasteiger charge is 2.16. The third kappa shape index (κ3) is 5.64. The molecule has 0 atom stereocenters. The summed E-state index contributed by atoms with van der Waals surface area (Å²) in [6, 6.07) is 15.8. The third-order valence-corrected chi connectivity index (χ3v) is 5.42. The molecular formula is C23H29N3O3. The number of hydrogen-bond donors (Lipinski definition) is 2. The van der Waals surface area contributed by atoms with Crippen LogP contribution in [0.5, 0.6) is 5.75 Å². The Morgan fingerprint density at radius 2 is 1.79 bits per heavy atom. The van der Waals surface area contributed by atoms with Crippen molar-refractivity contribution in [3.8, 4) is 5.75 Å². The maximum absolute atomic E-state index is 12.3. The standard InChI is InChI=1S/C23H29N3O3/c27-23(25-18-8-10-20(11-9-18)26-12-14-28-15-13-26)17-24-19-4-3-7-22(16-19)29-21-5-1-2-6-21/h3-4,7-11,16,21,24H,1-2,5-6,12-15,17H2,(H,25,27). The van der Waals surface area contributed by atoms with Crippen LogP contribution in [-0.4, -0.2) is 44.9 Å². The normalized spacial score (nSPS) is 17.2. The number of hydrogen-bond acceptors (Lipinski definition) is 5. The topological polar surface area (TPSA) is 62.8 Å². The van der Waals surface area contributed by atoms with Gasteiger partial charge in [0.25, 0.3) is 0 Å². The zero-order valence-electron chi connectivity index (χ0n) is 16.7. The molecule has 0 radical (unpaired) electrons. The molecule has 1 saturated heterocycles. The fourth-order valence-electron chi connectivity index (χ4n) is 3.84. The van der Waals surface area contributed by atoms with Gasteiger partial charge in [-0.25, -0.2) is 0 Å². The van der Waals surface area contributed by atoms with Crippen LogP contribution in [0.2, 0.25) is 0 Å². The van der Waals surface area contributed by atoms with E-state index in [2.05, 4.69) is 15.5 Å². The Morgan fingerprint density at radius 3 is 2.55 bits per heavy atom. The zero-order valence-corrected chi connectivity index (χ0v) is 16.7. The Labute approximate surface area is 172 Å². The van der Waals surface area contributed by atoms with E-state index in [4.69, 9.17) is 9.47 Å². The molecule has 2 fully saturated rings. The summed E-state index contributed by atoms with van der Waals surface area (Å²) in [7, 11) is 0. The summed E-state index contributed by atoms with van der Waals surface area (Å²) < 4.78 is 11.4. The summed E-state index contributed by atoms with van der Waals surface area (Å²) in [5.74, 6) is 0.784. The van der Waals surface area contributed by atoms with Crippen molar-refractivity contribution in [2.24, 2.45) is 0 Å². The van der Waals surface area contributed by atoms with Crippen LogP contribution in [0.25, 0.3) is 0 Å². The first-order valence-corrected chi connectivity index (χ1v) is 10.5. The summed E-state index contributed by atoms with van der Waals surface area (Å²) in [6.07, 6.45) is 5.08. The molecule has 4 rings (SSSR count). The Kier molecular flexibility index (Phi) is 6.52. The molecule has 29 heavy (non-hydrogen) atoms. The van der Waals surface area contributed by atoms with Crippen molar-refractivity contribution >= 4 is 23.0 Å². The molecule has 6 heteroatoms. The predicted molar refractivity (Wildman–Crippen MR) is 116 cm³/mol. The molecule has 0 aromatic heterocycles. The minimum atomic E-state index is -0.0776. The van der Waals surface area contributed by atoms with Crippen LogP contribution in [0.1, 0.15) is 25.7 Å². The first-order chi connectivity index (χ1) is 14.3. The second-order valence-corrected chi connectivity index (χ2v) is 7.60. The number of benzene rings is 2. The van der Waals surface area contributed by atoms with E-state index >= 15 is 0 Å². The average molecular weight is 396 g/mol. The van der Waals surface area contributed by atoms with Crippen LogP contribution in [0, 0.1) is 0 Å². The molecule has 1 amide bonds. The molecule has 0 spiro atoms. The SMILES string of the molecule is O=C(CNc1cccc(OC2CCCC2)c1)Nc1ccc(N2CCOCC2)cc1. The van der Waals surface area contributed by atoms with Gasteiger partial charge in [-0.05, 0) is 62.1 Å². The number of anilines is 3. The summed E-state index contributed by atoms with van der Waals surface area (Å²) >= 11 is 0. The molecule has 1 heterocycles. The van der Waals surface area contributed by atoms with E-state index in [1.807, 2.05) is 48.5 Å². The summed E-state index contributed by atoms with van der Waals surface area (Å²) in [5.41, 5.74) is 2.84. The monoisotopic (exact) mass is 395 g/mol. The Hall–Kier alpha value is -2.73. The number of ether oxygens (including phenoxy) is 2. The van der Waals surface area contributed by atoms with Crippen LogP contribution in [0.3, 0.4) is 0 Å². The molecule has 2 aromatic carbocycles. The fraction of sp³-hybridized carbons (Fsp3) is 0.435.